The zero-order chi connectivity index (χ0) is 30.0. The molecule has 4 aliphatic carbocycles. The van der Waals surface area contributed by atoms with Crippen molar-refractivity contribution in [3.8, 4) is 0 Å². The minimum atomic E-state index is -0.0801. The second-order valence-electron chi connectivity index (χ2n) is 16.9. The van der Waals surface area contributed by atoms with Crippen LogP contribution in [0.2, 0.25) is 0 Å². The Morgan fingerprint density at radius 1 is 0.714 bits per heavy atom. The van der Waals surface area contributed by atoms with Gasteiger partial charge in [0.2, 0.25) is 0 Å². The second-order valence-corrected chi connectivity index (χ2v) is 16.9. The molecule has 244 valence electrons. The van der Waals surface area contributed by atoms with Gasteiger partial charge in [-0.15, -0.1) is 0 Å². The van der Waals surface area contributed by atoms with E-state index < -0.39 is 0 Å². The van der Waals surface area contributed by atoms with Crippen molar-refractivity contribution in [1.82, 2.24) is 0 Å². The first-order valence-corrected chi connectivity index (χ1v) is 19.7. The molecule has 9 atom stereocenters. The van der Waals surface area contributed by atoms with Gasteiger partial charge in [-0.1, -0.05) is 155 Å². The molecule has 1 heteroatoms. The van der Waals surface area contributed by atoms with E-state index in [-0.39, 0.29) is 6.10 Å². The quantitative estimate of drug-likeness (QED) is 0.119. The van der Waals surface area contributed by atoms with E-state index in [1.165, 1.54) is 148 Å². The first-order chi connectivity index (χ1) is 20.3. The standard InChI is InChI=1S/C41H74O/c1-6-7-8-9-10-11-12-13-14-15-16-17-18-20-32(2)21-19-22-33(3)37-25-26-38-36-24-23-34-31-35(42)27-29-40(34,4)39(36)28-30-41(37,38)5/h23,32-33,35-39,42H,6-22,24-31H2,1-5H3/t32?,33-,35+,36+,37-,38+,39+,40+,41-/m1/s1. The molecule has 1 unspecified atom stereocenters. The molecule has 0 amide bonds. The Bertz CT molecular complexity index is 799. The molecule has 3 fully saturated rings. The maximum atomic E-state index is 10.3. The first kappa shape index (κ1) is 34.6. The summed E-state index contributed by atoms with van der Waals surface area (Å²) in [5.41, 5.74) is 2.59. The summed E-state index contributed by atoms with van der Waals surface area (Å²) in [7, 11) is 0. The Hall–Kier alpha value is -0.300. The van der Waals surface area contributed by atoms with Crippen LogP contribution >= 0.6 is 0 Å². The fourth-order valence-corrected chi connectivity index (χ4v) is 11.3. The summed E-state index contributed by atoms with van der Waals surface area (Å²) in [6, 6.07) is 0. The SMILES string of the molecule is CCCCCCCCCCCCCCCC(C)CCC[C@@H](C)[C@H]1CC[C@H]2[C@@H]3CC=C4C[C@@H](O)CC[C@]4(C)[C@H]3CC[C@]12C. The monoisotopic (exact) mass is 583 g/mol. The summed E-state index contributed by atoms with van der Waals surface area (Å²) >= 11 is 0. The molecule has 42 heavy (non-hydrogen) atoms. The van der Waals surface area contributed by atoms with E-state index >= 15 is 0 Å². The van der Waals surface area contributed by atoms with Gasteiger partial charge in [-0.3, -0.25) is 0 Å². The van der Waals surface area contributed by atoms with E-state index in [4.69, 9.17) is 0 Å². The summed E-state index contributed by atoms with van der Waals surface area (Å²) in [6.45, 7) is 12.8. The van der Waals surface area contributed by atoms with Crippen LogP contribution in [0.4, 0.5) is 0 Å². The highest BCUT2D eigenvalue weighted by Crippen LogP contribution is 2.67. The Kier molecular flexibility index (Phi) is 13.9. The van der Waals surface area contributed by atoms with E-state index in [0.717, 1.165) is 48.3 Å². The number of hydrogen-bond donors (Lipinski definition) is 1. The molecule has 0 aromatic carbocycles. The van der Waals surface area contributed by atoms with Crippen molar-refractivity contribution in [3.05, 3.63) is 11.6 Å². The molecule has 0 radical (unpaired) electrons. The predicted molar refractivity (Wildman–Crippen MR) is 184 cm³/mol. The van der Waals surface area contributed by atoms with E-state index in [2.05, 4.69) is 40.7 Å². The Balaban J connectivity index is 1.08. The van der Waals surface area contributed by atoms with Gasteiger partial charge >= 0.3 is 0 Å². The number of unbranched alkanes of at least 4 members (excludes halogenated alkanes) is 12. The van der Waals surface area contributed by atoms with Crippen LogP contribution in [0.3, 0.4) is 0 Å². The van der Waals surface area contributed by atoms with Crippen molar-refractivity contribution < 1.29 is 5.11 Å². The molecule has 4 aliphatic rings. The van der Waals surface area contributed by atoms with Crippen molar-refractivity contribution in [2.24, 2.45) is 46.3 Å². The predicted octanol–water partition coefficient (Wildman–Crippen LogP) is 12.9. The Labute approximate surface area is 263 Å². The lowest BCUT2D eigenvalue weighted by atomic mass is 9.47. The average molecular weight is 583 g/mol. The second kappa shape index (κ2) is 16.9. The number of hydrogen-bond acceptors (Lipinski definition) is 1. The maximum Gasteiger partial charge on any atom is 0.0577 e. The largest absolute Gasteiger partial charge is 0.393 e. The third-order valence-corrected chi connectivity index (χ3v) is 14.0. The molecule has 0 aliphatic heterocycles. The molecule has 0 saturated heterocycles. The van der Waals surface area contributed by atoms with Gasteiger partial charge in [-0.25, -0.2) is 0 Å². The zero-order valence-electron chi connectivity index (χ0n) is 29.2. The van der Waals surface area contributed by atoms with Gasteiger partial charge in [0, 0.05) is 0 Å². The summed E-state index contributed by atoms with van der Waals surface area (Å²) < 4.78 is 0. The van der Waals surface area contributed by atoms with Gasteiger partial charge < -0.3 is 5.11 Å². The van der Waals surface area contributed by atoms with Gasteiger partial charge in [0.25, 0.3) is 0 Å². The number of aliphatic hydroxyl groups is 1. The summed E-state index contributed by atoms with van der Waals surface area (Å²) in [5.74, 6) is 5.50. The lowest BCUT2D eigenvalue weighted by molar-refractivity contribution is -0.0573. The zero-order valence-corrected chi connectivity index (χ0v) is 29.2. The molecule has 0 heterocycles. The highest BCUT2D eigenvalue weighted by atomic mass is 16.3. The number of rotatable bonds is 19. The highest BCUT2D eigenvalue weighted by molar-refractivity contribution is 5.25. The molecule has 0 bridgehead atoms. The highest BCUT2D eigenvalue weighted by Gasteiger charge is 2.59. The van der Waals surface area contributed by atoms with Crippen molar-refractivity contribution >= 4 is 0 Å². The number of allylic oxidation sites excluding steroid dienone is 1. The van der Waals surface area contributed by atoms with Crippen LogP contribution in [0.5, 0.6) is 0 Å². The third-order valence-electron chi connectivity index (χ3n) is 14.0. The summed E-state index contributed by atoms with van der Waals surface area (Å²) in [5, 5.41) is 10.3. The van der Waals surface area contributed by atoms with Crippen LogP contribution in [-0.2, 0) is 0 Å². The maximum absolute atomic E-state index is 10.3. The molecule has 0 aromatic heterocycles. The van der Waals surface area contributed by atoms with Crippen molar-refractivity contribution in [3.63, 3.8) is 0 Å². The first-order valence-electron chi connectivity index (χ1n) is 19.7. The van der Waals surface area contributed by atoms with Gasteiger partial charge in [0.1, 0.15) is 0 Å². The van der Waals surface area contributed by atoms with Gasteiger partial charge in [-0.2, -0.15) is 0 Å². The third kappa shape index (κ3) is 8.69. The summed E-state index contributed by atoms with van der Waals surface area (Å²) in [6.07, 6.45) is 37.8. The van der Waals surface area contributed by atoms with E-state index in [1.807, 2.05) is 0 Å². The van der Waals surface area contributed by atoms with Gasteiger partial charge in [0.15, 0.2) is 0 Å². The minimum Gasteiger partial charge on any atom is -0.393 e. The smallest absolute Gasteiger partial charge is 0.0577 e. The normalized spacial score (nSPS) is 35.7. The van der Waals surface area contributed by atoms with E-state index in [1.54, 1.807) is 5.57 Å². The lowest BCUT2D eigenvalue weighted by Gasteiger charge is -2.58. The van der Waals surface area contributed by atoms with E-state index in [9.17, 15) is 5.11 Å². The topological polar surface area (TPSA) is 20.2 Å². The molecule has 3 saturated carbocycles. The number of aliphatic hydroxyl groups excluding tert-OH is 1. The van der Waals surface area contributed by atoms with Crippen molar-refractivity contribution in [2.75, 3.05) is 0 Å². The van der Waals surface area contributed by atoms with E-state index in [0.29, 0.717) is 10.8 Å². The van der Waals surface area contributed by atoms with Gasteiger partial charge in [-0.05, 0) is 97.7 Å². The Morgan fingerprint density at radius 3 is 2.00 bits per heavy atom. The molecular weight excluding hydrogens is 508 g/mol. The fraction of sp³-hybridized carbons (Fsp3) is 0.951. The van der Waals surface area contributed by atoms with Gasteiger partial charge in [0.05, 0.1) is 6.10 Å². The lowest BCUT2D eigenvalue weighted by Crippen LogP contribution is -2.50. The molecule has 0 aromatic rings. The minimum absolute atomic E-state index is 0.0801. The fourth-order valence-electron chi connectivity index (χ4n) is 11.3. The van der Waals surface area contributed by atoms with Crippen LogP contribution < -0.4 is 0 Å². The van der Waals surface area contributed by atoms with Crippen LogP contribution in [0.15, 0.2) is 11.6 Å². The number of fused-ring (bicyclic) bond motifs is 5. The molecular formula is C41H74O. The molecule has 1 nitrogen and oxygen atoms in total. The van der Waals surface area contributed by atoms with Crippen LogP contribution in [-0.4, -0.2) is 11.2 Å². The van der Waals surface area contributed by atoms with Crippen molar-refractivity contribution in [1.29, 1.82) is 0 Å². The van der Waals surface area contributed by atoms with Crippen LogP contribution in [0, 0.1) is 46.3 Å². The van der Waals surface area contributed by atoms with Crippen molar-refractivity contribution in [2.45, 2.75) is 201 Å². The summed E-state index contributed by atoms with van der Waals surface area (Å²) in [4.78, 5) is 0. The van der Waals surface area contributed by atoms with Crippen LogP contribution in [0.25, 0.3) is 0 Å². The molecule has 1 N–H and O–H groups in total. The molecule has 4 rings (SSSR count). The average Bonchev–Trinajstić information content (AvgIpc) is 3.33. The molecule has 0 spiro atoms. The Morgan fingerprint density at radius 2 is 1.33 bits per heavy atom. The van der Waals surface area contributed by atoms with Crippen LogP contribution in [0.1, 0.15) is 195 Å².